The zero-order valence-electron chi connectivity index (χ0n) is 6.67. The summed E-state index contributed by atoms with van der Waals surface area (Å²) in [5.41, 5.74) is 0.414. The van der Waals surface area contributed by atoms with Crippen LogP contribution < -0.4 is 0 Å². The van der Waals surface area contributed by atoms with Crippen LogP contribution in [0.4, 0.5) is 0 Å². The summed E-state index contributed by atoms with van der Waals surface area (Å²) >= 11 is 0. The number of ether oxygens (including phenoxy) is 1. The summed E-state index contributed by atoms with van der Waals surface area (Å²) in [7, 11) is 0. The smallest absolute Gasteiger partial charge is 0.333 e. The summed E-state index contributed by atoms with van der Waals surface area (Å²) in [5, 5.41) is 0. The van der Waals surface area contributed by atoms with Gasteiger partial charge in [0.2, 0.25) is 0 Å². The molecule has 0 heterocycles. The number of allylic oxidation sites excluding steroid dienone is 2. The molecule has 0 aliphatic rings. The molecule has 0 fully saturated rings. The van der Waals surface area contributed by atoms with Gasteiger partial charge in [0.15, 0.2) is 0 Å². The van der Waals surface area contributed by atoms with Gasteiger partial charge >= 0.3 is 5.97 Å². The quantitative estimate of drug-likeness (QED) is 0.349. The largest absolute Gasteiger partial charge is 0.458 e. The van der Waals surface area contributed by atoms with Gasteiger partial charge in [-0.2, -0.15) is 0 Å². The lowest BCUT2D eigenvalue weighted by molar-refractivity contribution is -0.137. The van der Waals surface area contributed by atoms with Crippen molar-refractivity contribution in [3.8, 4) is 0 Å². The van der Waals surface area contributed by atoms with Crippen LogP contribution in [0.15, 0.2) is 37.0 Å². The molecule has 2 heteroatoms. The highest BCUT2D eigenvalue weighted by Crippen LogP contribution is 1.91. The average Bonchev–Trinajstić information content (AvgIpc) is 1.97. The highest BCUT2D eigenvalue weighted by molar-refractivity contribution is 5.86. The van der Waals surface area contributed by atoms with E-state index < -0.39 is 0 Å². The minimum absolute atomic E-state index is 0.276. The van der Waals surface area contributed by atoms with Crippen LogP contribution in [-0.2, 0) is 9.53 Å². The van der Waals surface area contributed by atoms with Gasteiger partial charge < -0.3 is 4.74 Å². The van der Waals surface area contributed by atoms with Crippen molar-refractivity contribution in [2.45, 2.75) is 6.92 Å². The first-order chi connectivity index (χ1) is 5.18. The van der Waals surface area contributed by atoms with Crippen molar-refractivity contribution in [2.24, 2.45) is 0 Å². The molecule has 0 N–H and O–H groups in total. The average molecular weight is 152 g/mol. The van der Waals surface area contributed by atoms with E-state index in [1.165, 1.54) is 0 Å². The molecule has 0 spiro atoms. The lowest BCUT2D eigenvalue weighted by Crippen LogP contribution is -2.04. The zero-order valence-corrected chi connectivity index (χ0v) is 6.67. The molecule has 60 valence electrons. The standard InChI is InChI=1S/C9H12O2/c1-4-5-6-7-11-9(10)8(2)3/h4-6H,1-2,7H2,3H3. The van der Waals surface area contributed by atoms with Crippen LogP contribution in [0.25, 0.3) is 0 Å². The van der Waals surface area contributed by atoms with E-state index in [4.69, 9.17) is 4.74 Å². The fourth-order valence-electron chi connectivity index (χ4n) is 0.399. The Morgan fingerprint density at radius 1 is 1.64 bits per heavy atom. The van der Waals surface area contributed by atoms with E-state index in [-0.39, 0.29) is 12.6 Å². The van der Waals surface area contributed by atoms with Gasteiger partial charge in [0, 0.05) is 5.57 Å². The van der Waals surface area contributed by atoms with Crippen LogP contribution >= 0.6 is 0 Å². The molecule has 0 rings (SSSR count). The minimum atomic E-state index is -0.362. The van der Waals surface area contributed by atoms with Gasteiger partial charge in [-0.15, -0.1) is 0 Å². The number of carbonyl (C=O) groups excluding carboxylic acids is 1. The van der Waals surface area contributed by atoms with Gasteiger partial charge in [0.1, 0.15) is 6.61 Å². The van der Waals surface area contributed by atoms with E-state index in [1.807, 2.05) is 0 Å². The maximum atomic E-state index is 10.7. The molecule has 0 aromatic carbocycles. The zero-order chi connectivity index (χ0) is 8.69. The van der Waals surface area contributed by atoms with E-state index >= 15 is 0 Å². The van der Waals surface area contributed by atoms with Crippen molar-refractivity contribution in [1.29, 1.82) is 0 Å². The first-order valence-corrected chi connectivity index (χ1v) is 3.28. The van der Waals surface area contributed by atoms with Gasteiger partial charge in [0.25, 0.3) is 0 Å². The Balaban J connectivity index is 3.55. The molecule has 0 saturated heterocycles. The molecule has 0 aromatic heterocycles. The second-order valence-corrected chi connectivity index (χ2v) is 2.04. The Bertz CT molecular complexity index is 190. The third-order valence-corrected chi connectivity index (χ3v) is 0.931. The molecule has 0 amide bonds. The Kier molecular flexibility index (Phi) is 4.82. The molecule has 0 aromatic rings. The van der Waals surface area contributed by atoms with E-state index in [1.54, 1.807) is 25.2 Å². The maximum absolute atomic E-state index is 10.7. The third-order valence-electron chi connectivity index (χ3n) is 0.931. The van der Waals surface area contributed by atoms with Gasteiger partial charge in [-0.1, -0.05) is 25.3 Å². The van der Waals surface area contributed by atoms with Crippen LogP contribution in [0.2, 0.25) is 0 Å². The molecule has 0 bridgehead atoms. The molecule has 0 atom stereocenters. The molecule has 0 aliphatic carbocycles. The van der Waals surface area contributed by atoms with Gasteiger partial charge in [-0.25, -0.2) is 4.79 Å². The Morgan fingerprint density at radius 2 is 2.27 bits per heavy atom. The third kappa shape index (κ3) is 5.15. The van der Waals surface area contributed by atoms with E-state index in [9.17, 15) is 4.79 Å². The van der Waals surface area contributed by atoms with Crippen molar-refractivity contribution in [2.75, 3.05) is 6.61 Å². The van der Waals surface area contributed by atoms with Gasteiger partial charge in [-0.3, -0.25) is 0 Å². The van der Waals surface area contributed by atoms with E-state index in [0.29, 0.717) is 5.57 Å². The first-order valence-electron chi connectivity index (χ1n) is 3.28. The van der Waals surface area contributed by atoms with Crippen LogP contribution in [0.5, 0.6) is 0 Å². The Hall–Kier alpha value is -1.31. The fraction of sp³-hybridized carbons (Fsp3) is 0.222. The topological polar surface area (TPSA) is 26.3 Å². The van der Waals surface area contributed by atoms with Crippen LogP contribution in [0, 0.1) is 0 Å². The molecule has 0 aliphatic heterocycles. The van der Waals surface area contributed by atoms with Crippen molar-refractivity contribution < 1.29 is 9.53 Å². The number of hydrogen-bond donors (Lipinski definition) is 0. The molecule has 11 heavy (non-hydrogen) atoms. The molecule has 0 unspecified atom stereocenters. The predicted molar refractivity (Wildman–Crippen MR) is 45.1 cm³/mol. The van der Waals surface area contributed by atoms with Crippen molar-refractivity contribution in [1.82, 2.24) is 0 Å². The SMILES string of the molecule is C=CC=CCOC(=O)C(=C)C. The monoisotopic (exact) mass is 152 g/mol. The molecular formula is C9H12O2. The van der Waals surface area contributed by atoms with Crippen LogP contribution in [0.1, 0.15) is 6.92 Å². The second kappa shape index (κ2) is 5.47. The maximum Gasteiger partial charge on any atom is 0.333 e. The second-order valence-electron chi connectivity index (χ2n) is 2.04. The van der Waals surface area contributed by atoms with E-state index in [0.717, 1.165) is 0 Å². The summed E-state index contributed by atoms with van der Waals surface area (Å²) in [4.78, 5) is 10.7. The lowest BCUT2D eigenvalue weighted by Gasteiger charge is -1.98. The fourth-order valence-corrected chi connectivity index (χ4v) is 0.399. The summed E-state index contributed by atoms with van der Waals surface area (Å²) in [6, 6.07) is 0. The highest BCUT2D eigenvalue weighted by atomic mass is 16.5. The molecule has 0 radical (unpaired) electrons. The first kappa shape index (κ1) is 9.69. The summed E-state index contributed by atoms with van der Waals surface area (Å²) < 4.78 is 4.73. The predicted octanol–water partition coefficient (Wildman–Crippen LogP) is 1.85. The number of hydrogen-bond acceptors (Lipinski definition) is 2. The minimum Gasteiger partial charge on any atom is -0.458 e. The van der Waals surface area contributed by atoms with Crippen LogP contribution in [-0.4, -0.2) is 12.6 Å². The summed E-state index contributed by atoms with van der Waals surface area (Å²) in [6.45, 7) is 8.79. The molecule has 2 nitrogen and oxygen atoms in total. The number of carbonyl (C=O) groups is 1. The molecular weight excluding hydrogens is 140 g/mol. The van der Waals surface area contributed by atoms with E-state index in [2.05, 4.69) is 13.2 Å². The summed E-state index contributed by atoms with van der Waals surface area (Å²) in [5.74, 6) is -0.362. The van der Waals surface area contributed by atoms with Crippen LogP contribution in [0.3, 0.4) is 0 Å². The normalized spacial score (nSPS) is 9.55. The number of rotatable bonds is 4. The highest BCUT2D eigenvalue weighted by Gasteiger charge is 1.99. The Labute approximate surface area is 66.9 Å². The number of esters is 1. The molecule has 0 saturated carbocycles. The lowest BCUT2D eigenvalue weighted by atomic mass is 10.4. The van der Waals surface area contributed by atoms with Crippen molar-refractivity contribution in [3.05, 3.63) is 37.0 Å². The van der Waals surface area contributed by atoms with Crippen molar-refractivity contribution in [3.63, 3.8) is 0 Å². The Morgan fingerprint density at radius 3 is 2.73 bits per heavy atom. The van der Waals surface area contributed by atoms with Crippen molar-refractivity contribution >= 4 is 5.97 Å². The van der Waals surface area contributed by atoms with Gasteiger partial charge in [-0.05, 0) is 13.0 Å². The van der Waals surface area contributed by atoms with Gasteiger partial charge in [0.05, 0.1) is 0 Å². The summed E-state index contributed by atoms with van der Waals surface area (Å²) in [6.07, 6.45) is 5.04.